The van der Waals surface area contributed by atoms with Crippen LogP contribution in [0.25, 0.3) is 0 Å². The number of thioether (sulfide) groups is 1. The lowest BCUT2D eigenvalue weighted by Crippen LogP contribution is -2.34. The average Bonchev–Trinajstić information content (AvgIpc) is 2.47. The molecule has 0 aromatic heterocycles. The fourth-order valence-corrected chi connectivity index (χ4v) is 2.91. The molecule has 1 aliphatic heterocycles. The Labute approximate surface area is 117 Å². The van der Waals surface area contributed by atoms with Crippen molar-refractivity contribution in [2.45, 2.75) is 6.42 Å². The molecular formula is C14H17N3OS. The van der Waals surface area contributed by atoms with Crippen molar-refractivity contribution < 1.29 is 4.79 Å². The van der Waals surface area contributed by atoms with Crippen LogP contribution in [-0.4, -0.2) is 41.9 Å². The molecular weight excluding hydrogens is 258 g/mol. The molecule has 0 bridgehead atoms. The minimum atomic E-state index is 0.0305. The van der Waals surface area contributed by atoms with E-state index in [0.717, 1.165) is 36.8 Å². The Bertz CT molecular complexity index is 461. The molecule has 19 heavy (non-hydrogen) atoms. The summed E-state index contributed by atoms with van der Waals surface area (Å²) in [5.41, 5.74) is 1.35. The smallest absolute Gasteiger partial charge is 0.225 e. The number of carbonyl (C=O) groups is 1. The van der Waals surface area contributed by atoms with Gasteiger partial charge in [0.25, 0.3) is 0 Å². The standard InChI is InChI=1S/C14H17N3OS/c15-11-12-1-3-13(4-2-12)16-14(18)5-6-17-7-9-19-10-8-17/h1-4H,5-10H2,(H,16,18). The van der Waals surface area contributed by atoms with Gasteiger partial charge in [-0.2, -0.15) is 17.0 Å². The third-order valence-electron chi connectivity index (χ3n) is 3.06. The minimum absolute atomic E-state index is 0.0305. The van der Waals surface area contributed by atoms with Crippen LogP contribution in [0.4, 0.5) is 5.69 Å². The summed E-state index contributed by atoms with van der Waals surface area (Å²) in [6, 6.07) is 8.98. The molecule has 2 rings (SSSR count). The molecule has 1 fully saturated rings. The lowest BCUT2D eigenvalue weighted by Gasteiger charge is -2.25. The first-order valence-electron chi connectivity index (χ1n) is 6.38. The molecule has 100 valence electrons. The summed E-state index contributed by atoms with van der Waals surface area (Å²) in [4.78, 5) is 14.1. The summed E-state index contributed by atoms with van der Waals surface area (Å²) in [5.74, 6) is 2.36. The second-order valence-corrected chi connectivity index (χ2v) is 5.67. The van der Waals surface area contributed by atoms with Crippen molar-refractivity contribution in [3.8, 4) is 6.07 Å². The number of hydrogen-bond donors (Lipinski definition) is 1. The highest BCUT2D eigenvalue weighted by Gasteiger charge is 2.11. The van der Waals surface area contributed by atoms with E-state index in [4.69, 9.17) is 5.26 Å². The zero-order chi connectivity index (χ0) is 13.5. The van der Waals surface area contributed by atoms with E-state index in [1.165, 1.54) is 0 Å². The van der Waals surface area contributed by atoms with Gasteiger partial charge in [-0.3, -0.25) is 4.79 Å². The van der Waals surface area contributed by atoms with Gasteiger partial charge in [0.05, 0.1) is 11.6 Å². The Morgan fingerprint density at radius 2 is 2.00 bits per heavy atom. The third-order valence-corrected chi connectivity index (χ3v) is 4.00. The number of hydrogen-bond acceptors (Lipinski definition) is 4. The molecule has 1 aliphatic rings. The second-order valence-electron chi connectivity index (χ2n) is 4.44. The fraction of sp³-hybridized carbons (Fsp3) is 0.429. The zero-order valence-corrected chi connectivity index (χ0v) is 11.6. The summed E-state index contributed by atoms with van der Waals surface area (Å²) in [6.45, 7) is 2.98. The zero-order valence-electron chi connectivity index (χ0n) is 10.8. The van der Waals surface area contributed by atoms with E-state index in [-0.39, 0.29) is 5.91 Å². The molecule has 1 amide bonds. The molecule has 1 aromatic rings. The van der Waals surface area contributed by atoms with Gasteiger partial charge < -0.3 is 10.2 Å². The number of nitrogens with zero attached hydrogens (tertiary/aromatic N) is 2. The Morgan fingerprint density at radius 3 is 2.63 bits per heavy atom. The first-order chi connectivity index (χ1) is 9.28. The van der Waals surface area contributed by atoms with Crippen molar-refractivity contribution in [3.05, 3.63) is 29.8 Å². The van der Waals surface area contributed by atoms with Gasteiger partial charge in [0.15, 0.2) is 0 Å². The van der Waals surface area contributed by atoms with E-state index in [9.17, 15) is 4.79 Å². The Morgan fingerprint density at radius 1 is 1.32 bits per heavy atom. The van der Waals surface area contributed by atoms with Crippen molar-refractivity contribution in [1.29, 1.82) is 5.26 Å². The Kier molecular flexibility index (Phi) is 5.25. The van der Waals surface area contributed by atoms with Crippen molar-refractivity contribution in [2.75, 3.05) is 36.5 Å². The highest BCUT2D eigenvalue weighted by atomic mass is 32.2. The van der Waals surface area contributed by atoms with Crippen LogP contribution >= 0.6 is 11.8 Å². The predicted molar refractivity (Wildman–Crippen MR) is 78.2 cm³/mol. The lowest BCUT2D eigenvalue weighted by atomic mass is 10.2. The van der Waals surface area contributed by atoms with Crippen molar-refractivity contribution >= 4 is 23.4 Å². The van der Waals surface area contributed by atoms with E-state index >= 15 is 0 Å². The predicted octanol–water partition coefficient (Wildman–Crippen LogP) is 1.94. The van der Waals surface area contributed by atoms with Crippen LogP contribution in [0.3, 0.4) is 0 Å². The molecule has 0 unspecified atom stereocenters. The Balaban J connectivity index is 1.75. The van der Waals surface area contributed by atoms with Gasteiger partial charge in [-0.1, -0.05) is 0 Å². The van der Waals surface area contributed by atoms with Crippen LogP contribution in [0, 0.1) is 11.3 Å². The first-order valence-corrected chi connectivity index (χ1v) is 7.53. The normalized spacial score (nSPS) is 15.7. The maximum Gasteiger partial charge on any atom is 0.225 e. The number of rotatable bonds is 4. The van der Waals surface area contributed by atoms with Gasteiger partial charge in [-0.05, 0) is 24.3 Å². The van der Waals surface area contributed by atoms with Gasteiger partial charge in [-0.25, -0.2) is 0 Å². The van der Waals surface area contributed by atoms with Gasteiger partial charge in [0, 0.05) is 43.2 Å². The number of anilines is 1. The molecule has 0 aliphatic carbocycles. The van der Waals surface area contributed by atoms with E-state index in [1.807, 2.05) is 11.8 Å². The third kappa shape index (κ3) is 4.58. The number of carbonyl (C=O) groups excluding carboxylic acids is 1. The van der Waals surface area contributed by atoms with Gasteiger partial charge in [0.2, 0.25) is 5.91 Å². The monoisotopic (exact) mass is 275 g/mol. The molecule has 1 saturated heterocycles. The number of amides is 1. The molecule has 0 spiro atoms. The lowest BCUT2D eigenvalue weighted by molar-refractivity contribution is -0.116. The summed E-state index contributed by atoms with van der Waals surface area (Å²) in [7, 11) is 0. The highest BCUT2D eigenvalue weighted by Crippen LogP contribution is 2.11. The molecule has 0 atom stereocenters. The van der Waals surface area contributed by atoms with Gasteiger partial charge in [0.1, 0.15) is 0 Å². The molecule has 1 heterocycles. The fourth-order valence-electron chi connectivity index (χ4n) is 1.94. The van der Waals surface area contributed by atoms with Crippen molar-refractivity contribution in [1.82, 2.24) is 4.90 Å². The first kappa shape index (κ1) is 13.9. The molecule has 0 saturated carbocycles. The van der Waals surface area contributed by atoms with Crippen LogP contribution in [0.5, 0.6) is 0 Å². The summed E-state index contributed by atoms with van der Waals surface area (Å²) in [5, 5.41) is 11.5. The van der Waals surface area contributed by atoms with Gasteiger partial charge in [-0.15, -0.1) is 0 Å². The quantitative estimate of drug-likeness (QED) is 0.912. The highest BCUT2D eigenvalue weighted by molar-refractivity contribution is 7.99. The summed E-state index contributed by atoms with van der Waals surface area (Å²) < 4.78 is 0. The number of benzene rings is 1. The maximum atomic E-state index is 11.8. The topological polar surface area (TPSA) is 56.1 Å². The maximum absolute atomic E-state index is 11.8. The largest absolute Gasteiger partial charge is 0.326 e. The molecule has 1 aromatic carbocycles. The van der Waals surface area contributed by atoms with Gasteiger partial charge >= 0.3 is 0 Å². The van der Waals surface area contributed by atoms with E-state index in [2.05, 4.69) is 16.3 Å². The van der Waals surface area contributed by atoms with E-state index in [1.54, 1.807) is 24.3 Å². The summed E-state index contributed by atoms with van der Waals surface area (Å²) >= 11 is 1.97. The van der Waals surface area contributed by atoms with Crippen LogP contribution in [0.1, 0.15) is 12.0 Å². The SMILES string of the molecule is N#Cc1ccc(NC(=O)CCN2CCSCC2)cc1. The molecule has 5 heteroatoms. The number of nitrogens with one attached hydrogen (secondary N) is 1. The van der Waals surface area contributed by atoms with Crippen LogP contribution in [0.2, 0.25) is 0 Å². The van der Waals surface area contributed by atoms with E-state index < -0.39 is 0 Å². The molecule has 1 N–H and O–H groups in total. The van der Waals surface area contributed by atoms with Crippen LogP contribution in [-0.2, 0) is 4.79 Å². The second kappa shape index (κ2) is 7.17. The molecule has 4 nitrogen and oxygen atoms in total. The van der Waals surface area contributed by atoms with Crippen molar-refractivity contribution in [2.24, 2.45) is 0 Å². The van der Waals surface area contributed by atoms with Crippen molar-refractivity contribution in [3.63, 3.8) is 0 Å². The van der Waals surface area contributed by atoms with Crippen LogP contribution in [0.15, 0.2) is 24.3 Å². The average molecular weight is 275 g/mol. The molecule has 0 radical (unpaired) electrons. The number of nitriles is 1. The van der Waals surface area contributed by atoms with E-state index in [0.29, 0.717) is 12.0 Å². The summed E-state index contributed by atoms with van der Waals surface area (Å²) in [6.07, 6.45) is 0.519. The Hall–Kier alpha value is -1.51. The van der Waals surface area contributed by atoms with Crippen LogP contribution < -0.4 is 5.32 Å². The minimum Gasteiger partial charge on any atom is -0.326 e.